The Labute approximate surface area is 116 Å². The standard InChI is InChI=1S/C16H25NO2/c1-4-13-7-8-17(10-13)11-15(18)14-9-12(2)5-6-16(14)19-3/h5-6,9,13,15,18H,4,7-8,10-11H2,1-3H3. The molecule has 2 unspecified atom stereocenters. The van der Waals surface area contributed by atoms with Crippen LogP contribution in [0, 0.1) is 12.8 Å². The lowest BCUT2D eigenvalue weighted by Crippen LogP contribution is -2.26. The van der Waals surface area contributed by atoms with E-state index < -0.39 is 6.10 Å². The predicted octanol–water partition coefficient (Wildman–Crippen LogP) is 2.77. The second-order valence-corrected chi connectivity index (χ2v) is 5.58. The van der Waals surface area contributed by atoms with Gasteiger partial charge in [0.15, 0.2) is 0 Å². The minimum atomic E-state index is -0.467. The van der Waals surface area contributed by atoms with E-state index in [1.54, 1.807) is 7.11 Å². The van der Waals surface area contributed by atoms with E-state index >= 15 is 0 Å². The SMILES string of the molecule is CCC1CCN(CC(O)c2cc(C)ccc2OC)C1. The first kappa shape index (κ1) is 14.4. The Kier molecular flexibility index (Phi) is 4.83. The van der Waals surface area contributed by atoms with Crippen LogP contribution in [-0.2, 0) is 0 Å². The number of rotatable bonds is 5. The first-order valence-electron chi connectivity index (χ1n) is 7.19. The molecule has 0 bridgehead atoms. The van der Waals surface area contributed by atoms with Crippen LogP contribution in [0.15, 0.2) is 18.2 Å². The second-order valence-electron chi connectivity index (χ2n) is 5.58. The second kappa shape index (κ2) is 6.40. The maximum Gasteiger partial charge on any atom is 0.124 e. The first-order chi connectivity index (χ1) is 9.13. The van der Waals surface area contributed by atoms with Crippen molar-refractivity contribution < 1.29 is 9.84 Å². The summed E-state index contributed by atoms with van der Waals surface area (Å²) < 4.78 is 5.35. The Balaban J connectivity index is 2.03. The minimum Gasteiger partial charge on any atom is -0.496 e. The van der Waals surface area contributed by atoms with Gasteiger partial charge in [-0.2, -0.15) is 0 Å². The van der Waals surface area contributed by atoms with Crippen molar-refractivity contribution in [1.29, 1.82) is 0 Å². The lowest BCUT2D eigenvalue weighted by molar-refractivity contribution is 0.121. The van der Waals surface area contributed by atoms with Gasteiger partial charge in [-0.1, -0.05) is 25.0 Å². The summed E-state index contributed by atoms with van der Waals surface area (Å²) in [4.78, 5) is 2.36. The maximum atomic E-state index is 10.5. The zero-order valence-corrected chi connectivity index (χ0v) is 12.2. The van der Waals surface area contributed by atoms with Crippen molar-refractivity contribution in [1.82, 2.24) is 4.90 Å². The number of methoxy groups -OCH3 is 1. The van der Waals surface area contributed by atoms with Gasteiger partial charge in [-0.3, -0.25) is 0 Å². The minimum absolute atomic E-state index is 0.467. The molecule has 1 saturated heterocycles. The van der Waals surface area contributed by atoms with Crippen LogP contribution < -0.4 is 4.74 Å². The molecule has 1 aliphatic heterocycles. The van der Waals surface area contributed by atoms with Crippen LogP contribution >= 0.6 is 0 Å². The number of β-amino-alcohol motifs (C(OH)–C–C–N with tert-alkyl or cyclic N) is 1. The van der Waals surface area contributed by atoms with Crippen LogP contribution in [0.1, 0.15) is 37.0 Å². The Bertz CT molecular complexity index is 419. The molecule has 1 aromatic rings. The largest absolute Gasteiger partial charge is 0.496 e. The number of hydrogen-bond donors (Lipinski definition) is 1. The first-order valence-corrected chi connectivity index (χ1v) is 7.19. The predicted molar refractivity (Wildman–Crippen MR) is 77.5 cm³/mol. The molecule has 1 aromatic carbocycles. The lowest BCUT2D eigenvalue weighted by atomic mass is 10.0. The topological polar surface area (TPSA) is 32.7 Å². The van der Waals surface area contributed by atoms with Gasteiger partial charge in [-0.05, 0) is 37.9 Å². The van der Waals surface area contributed by atoms with Gasteiger partial charge in [-0.25, -0.2) is 0 Å². The molecule has 0 aromatic heterocycles. The van der Waals surface area contributed by atoms with E-state index in [1.807, 2.05) is 25.1 Å². The Morgan fingerprint density at radius 3 is 2.89 bits per heavy atom. The summed E-state index contributed by atoms with van der Waals surface area (Å²) in [5.41, 5.74) is 2.06. The number of aliphatic hydroxyl groups is 1. The summed E-state index contributed by atoms with van der Waals surface area (Å²) in [6, 6.07) is 5.97. The van der Waals surface area contributed by atoms with E-state index in [4.69, 9.17) is 4.74 Å². The zero-order valence-electron chi connectivity index (χ0n) is 12.2. The summed E-state index contributed by atoms with van der Waals surface area (Å²) in [5, 5.41) is 10.5. The third-order valence-corrected chi connectivity index (χ3v) is 4.12. The molecule has 0 aliphatic carbocycles. The lowest BCUT2D eigenvalue weighted by Gasteiger charge is -2.22. The van der Waals surface area contributed by atoms with Crippen molar-refractivity contribution in [2.24, 2.45) is 5.92 Å². The van der Waals surface area contributed by atoms with Gasteiger partial charge in [0, 0.05) is 18.7 Å². The molecule has 0 saturated carbocycles. The molecule has 3 heteroatoms. The van der Waals surface area contributed by atoms with Gasteiger partial charge in [0.2, 0.25) is 0 Å². The van der Waals surface area contributed by atoms with Crippen molar-refractivity contribution >= 4 is 0 Å². The average molecular weight is 263 g/mol. The smallest absolute Gasteiger partial charge is 0.124 e. The average Bonchev–Trinajstić information content (AvgIpc) is 2.86. The fourth-order valence-corrected chi connectivity index (χ4v) is 2.87. The highest BCUT2D eigenvalue weighted by atomic mass is 16.5. The molecular weight excluding hydrogens is 238 g/mol. The summed E-state index contributed by atoms with van der Waals surface area (Å²) in [5.74, 6) is 1.58. The molecule has 1 N–H and O–H groups in total. The molecule has 1 heterocycles. The van der Waals surface area contributed by atoms with Gasteiger partial charge in [0.05, 0.1) is 13.2 Å². The Morgan fingerprint density at radius 1 is 1.47 bits per heavy atom. The van der Waals surface area contributed by atoms with Gasteiger partial charge in [-0.15, -0.1) is 0 Å². The highest BCUT2D eigenvalue weighted by Crippen LogP contribution is 2.28. The Morgan fingerprint density at radius 2 is 2.26 bits per heavy atom. The van der Waals surface area contributed by atoms with Crippen LogP contribution in [0.2, 0.25) is 0 Å². The number of aliphatic hydroxyl groups excluding tert-OH is 1. The normalized spacial score (nSPS) is 21.6. The van der Waals surface area contributed by atoms with Crippen molar-refractivity contribution in [3.05, 3.63) is 29.3 Å². The van der Waals surface area contributed by atoms with Crippen LogP contribution in [0.4, 0.5) is 0 Å². The van der Waals surface area contributed by atoms with Gasteiger partial charge >= 0.3 is 0 Å². The Hall–Kier alpha value is -1.06. The van der Waals surface area contributed by atoms with E-state index in [2.05, 4.69) is 11.8 Å². The van der Waals surface area contributed by atoms with Crippen molar-refractivity contribution in [3.8, 4) is 5.75 Å². The zero-order chi connectivity index (χ0) is 13.8. The number of hydrogen-bond acceptors (Lipinski definition) is 3. The third kappa shape index (κ3) is 3.48. The summed E-state index contributed by atoms with van der Waals surface area (Å²) in [6.45, 7) is 7.20. The van der Waals surface area contributed by atoms with E-state index in [1.165, 1.54) is 12.8 Å². The number of likely N-dealkylation sites (tertiary alicyclic amines) is 1. The van der Waals surface area contributed by atoms with Gasteiger partial charge < -0.3 is 14.7 Å². The summed E-state index contributed by atoms with van der Waals surface area (Å²) in [6.07, 6.45) is 2.03. The number of ether oxygens (including phenoxy) is 1. The molecule has 0 radical (unpaired) electrons. The van der Waals surface area contributed by atoms with Crippen molar-refractivity contribution in [3.63, 3.8) is 0 Å². The van der Waals surface area contributed by atoms with Gasteiger partial charge in [0.1, 0.15) is 5.75 Å². The molecule has 2 rings (SSSR count). The molecule has 0 amide bonds. The highest BCUT2D eigenvalue weighted by molar-refractivity contribution is 5.38. The highest BCUT2D eigenvalue weighted by Gasteiger charge is 2.24. The molecule has 0 spiro atoms. The van der Waals surface area contributed by atoms with E-state index in [0.29, 0.717) is 6.54 Å². The molecule has 1 fully saturated rings. The van der Waals surface area contributed by atoms with E-state index in [9.17, 15) is 5.11 Å². The van der Waals surface area contributed by atoms with E-state index in [0.717, 1.165) is 35.9 Å². The van der Waals surface area contributed by atoms with Crippen molar-refractivity contribution in [2.45, 2.75) is 32.8 Å². The molecule has 3 nitrogen and oxygen atoms in total. The number of nitrogens with zero attached hydrogens (tertiary/aromatic N) is 1. The molecule has 19 heavy (non-hydrogen) atoms. The molecular formula is C16H25NO2. The van der Waals surface area contributed by atoms with E-state index in [-0.39, 0.29) is 0 Å². The summed E-state index contributed by atoms with van der Waals surface area (Å²) in [7, 11) is 1.66. The number of benzene rings is 1. The monoisotopic (exact) mass is 263 g/mol. The maximum absolute atomic E-state index is 10.5. The van der Waals surface area contributed by atoms with Crippen LogP contribution in [0.3, 0.4) is 0 Å². The van der Waals surface area contributed by atoms with Crippen LogP contribution in [0.5, 0.6) is 5.75 Å². The number of aryl methyl sites for hydroxylation is 1. The van der Waals surface area contributed by atoms with Gasteiger partial charge in [0.25, 0.3) is 0 Å². The van der Waals surface area contributed by atoms with Crippen LogP contribution in [0.25, 0.3) is 0 Å². The molecule has 2 atom stereocenters. The molecule has 1 aliphatic rings. The van der Waals surface area contributed by atoms with Crippen molar-refractivity contribution in [2.75, 3.05) is 26.7 Å². The molecule has 106 valence electrons. The summed E-state index contributed by atoms with van der Waals surface area (Å²) >= 11 is 0. The van der Waals surface area contributed by atoms with Crippen LogP contribution in [-0.4, -0.2) is 36.8 Å². The third-order valence-electron chi connectivity index (χ3n) is 4.12. The quantitative estimate of drug-likeness (QED) is 0.886. The fourth-order valence-electron chi connectivity index (χ4n) is 2.87. The fraction of sp³-hybridized carbons (Fsp3) is 0.625.